The SMILES string of the molecule is CC(C)CCNS(=O)(=O)C(C)(C)C. The topological polar surface area (TPSA) is 46.2 Å². The second kappa shape index (κ2) is 4.42. The zero-order chi connectivity index (χ0) is 10.7. The van der Waals surface area contributed by atoms with Crippen molar-refractivity contribution in [3.63, 3.8) is 0 Å². The number of hydrogen-bond acceptors (Lipinski definition) is 2. The van der Waals surface area contributed by atoms with Gasteiger partial charge in [0.25, 0.3) is 0 Å². The molecule has 0 saturated heterocycles. The maximum absolute atomic E-state index is 11.5. The summed E-state index contributed by atoms with van der Waals surface area (Å²) in [6.07, 6.45) is 0.884. The van der Waals surface area contributed by atoms with Gasteiger partial charge in [0.2, 0.25) is 10.0 Å². The number of rotatable bonds is 4. The first-order chi connectivity index (χ1) is 5.67. The lowest BCUT2D eigenvalue weighted by molar-refractivity contribution is 0.527. The molecule has 0 atom stereocenters. The van der Waals surface area contributed by atoms with Crippen LogP contribution >= 0.6 is 0 Å². The Labute approximate surface area is 82.0 Å². The summed E-state index contributed by atoms with van der Waals surface area (Å²) >= 11 is 0. The third-order valence-corrected chi connectivity index (χ3v) is 4.02. The number of sulfonamides is 1. The van der Waals surface area contributed by atoms with E-state index in [1.54, 1.807) is 20.8 Å². The Bertz CT molecular complexity index is 237. The average molecular weight is 207 g/mol. The lowest BCUT2D eigenvalue weighted by atomic mass is 10.1. The quantitative estimate of drug-likeness (QED) is 0.763. The van der Waals surface area contributed by atoms with Crippen LogP contribution in [-0.2, 0) is 10.0 Å². The fourth-order valence-electron chi connectivity index (χ4n) is 0.698. The molecule has 80 valence electrons. The van der Waals surface area contributed by atoms with Crippen LogP contribution in [0.15, 0.2) is 0 Å². The third-order valence-electron chi connectivity index (χ3n) is 1.82. The molecule has 4 heteroatoms. The van der Waals surface area contributed by atoms with Crippen molar-refractivity contribution < 1.29 is 8.42 Å². The largest absolute Gasteiger partial charge is 0.216 e. The molecule has 0 rings (SSSR count). The maximum Gasteiger partial charge on any atom is 0.216 e. The molecule has 0 fully saturated rings. The van der Waals surface area contributed by atoms with Gasteiger partial charge in [-0.1, -0.05) is 13.8 Å². The van der Waals surface area contributed by atoms with E-state index in [9.17, 15) is 8.42 Å². The van der Waals surface area contributed by atoms with E-state index in [2.05, 4.69) is 18.6 Å². The van der Waals surface area contributed by atoms with Gasteiger partial charge in [0.15, 0.2) is 0 Å². The summed E-state index contributed by atoms with van der Waals surface area (Å²) in [4.78, 5) is 0. The van der Waals surface area contributed by atoms with Crippen molar-refractivity contribution in [2.24, 2.45) is 5.92 Å². The molecule has 0 aliphatic carbocycles. The maximum atomic E-state index is 11.5. The molecule has 0 saturated carbocycles. The molecule has 0 aromatic heterocycles. The molecule has 0 spiro atoms. The molecular weight excluding hydrogens is 186 g/mol. The van der Waals surface area contributed by atoms with Gasteiger partial charge in [-0.25, -0.2) is 13.1 Å². The molecule has 1 N–H and O–H groups in total. The van der Waals surface area contributed by atoms with Crippen molar-refractivity contribution in [1.82, 2.24) is 4.72 Å². The standard InChI is InChI=1S/C9H21NO2S/c1-8(2)6-7-10-13(11,12)9(3,4)5/h8,10H,6-7H2,1-5H3. The highest BCUT2D eigenvalue weighted by Gasteiger charge is 2.27. The van der Waals surface area contributed by atoms with E-state index in [4.69, 9.17) is 0 Å². The van der Waals surface area contributed by atoms with Gasteiger partial charge < -0.3 is 0 Å². The van der Waals surface area contributed by atoms with E-state index in [0.29, 0.717) is 12.5 Å². The Hall–Kier alpha value is -0.0900. The normalized spacial score (nSPS) is 13.7. The molecular formula is C9H21NO2S. The lowest BCUT2D eigenvalue weighted by Gasteiger charge is -2.19. The molecule has 0 aliphatic rings. The minimum Gasteiger partial charge on any atom is -0.215 e. The summed E-state index contributed by atoms with van der Waals surface area (Å²) < 4.78 is 24.9. The fraction of sp³-hybridized carbons (Fsp3) is 1.00. The third kappa shape index (κ3) is 4.62. The molecule has 0 radical (unpaired) electrons. The monoisotopic (exact) mass is 207 g/mol. The first-order valence-corrected chi connectivity index (χ1v) is 6.14. The van der Waals surface area contributed by atoms with Gasteiger partial charge in [0.05, 0.1) is 4.75 Å². The predicted molar refractivity (Wildman–Crippen MR) is 56.1 cm³/mol. The van der Waals surface area contributed by atoms with Crippen LogP contribution < -0.4 is 4.72 Å². The Morgan fingerprint density at radius 2 is 1.69 bits per heavy atom. The van der Waals surface area contributed by atoms with Crippen molar-refractivity contribution >= 4 is 10.0 Å². The minimum absolute atomic E-state index is 0.530. The van der Waals surface area contributed by atoms with Crippen LogP contribution in [0.1, 0.15) is 41.0 Å². The number of hydrogen-bond donors (Lipinski definition) is 1. The van der Waals surface area contributed by atoms with Crippen LogP contribution in [0.25, 0.3) is 0 Å². The van der Waals surface area contributed by atoms with Gasteiger partial charge in [0.1, 0.15) is 0 Å². The fourth-order valence-corrected chi connectivity index (χ4v) is 1.52. The Kier molecular flexibility index (Phi) is 4.39. The summed E-state index contributed by atoms with van der Waals surface area (Å²) in [5.74, 6) is 0.530. The van der Waals surface area contributed by atoms with Crippen molar-refractivity contribution in [2.75, 3.05) is 6.54 Å². The van der Waals surface area contributed by atoms with Crippen LogP contribution in [0, 0.1) is 5.92 Å². The summed E-state index contributed by atoms with van der Waals surface area (Å²) in [6.45, 7) is 9.79. The first kappa shape index (κ1) is 12.9. The van der Waals surface area contributed by atoms with Crippen LogP contribution in [-0.4, -0.2) is 19.7 Å². The summed E-state index contributed by atoms with van der Waals surface area (Å²) in [7, 11) is -3.14. The van der Waals surface area contributed by atoms with E-state index in [-0.39, 0.29) is 0 Å². The molecule has 0 aliphatic heterocycles. The van der Waals surface area contributed by atoms with Gasteiger partial charge in [-0.05, 0) is 33.1 Å². The Balaban J connectivity index is 4.07. The van der Waals surface area contributed by atoms with Gasteiger partial charge in [-0.15, -0.1) is 0 Å². The van der Waals surface area contributed by atoms with E-state index >= 15 is 0 Å². The van der Waals surface area contributed by atoms with Crippen LogP contribution in [0.2, 0.25) is 0 Å². The molecule has 0 aromatic rings. The zero-order valence-electron chi connectivity index (χ0n) is 9.22. The van der Waals surface area contributed by atoms with E-state index in [0.717, 1.165) is 6.42 Å². The molecule has 3 nitrogen and oxygen atoms in total. The zero-order valence-corrected chi connectivity index (χ0v) is 10.0. The van der Waals surface area contributed by atoms with Crippen LogP contribution in [0.4, 0.5) is 0 Å². The van der Waals surface area contributed by atoms with Crippen molar-refractivity contribution in [1.29, 1.82) is 0 Å². The van der Waals surface area contributed by atoms with Gasteiger partial charge >= 0.3 is 0 Å². The minimum atomic E-state index is -3.14. The second-order valence-corrected chi connectivity index (χ2v) is 7.21. The molecule has 13 heavy (non-hydrogen) atoms. The smallest absolute Gasteiger partial charge is 0.215 e. The molecule has 0 amide bonds. The van der Waals surface area contributed by atoms with Crippen LogP contribution in [0.5, 0.6) is 0 Å². The molecule has 0 unspecified atom stereocenters. The van der Waals surface area contributed by atoms with Crippen molar-refractivity contribution in [3.8, 4) is 0 Å². The second-order valence-electron chi connectivity index (χ2n) is 4.69. The van der Waals surface area contributed by atoms with Crippen molar-refractivity contribution in [3.05, 3.63) is 0 Å². The molecule has 0 heterocycles. The molecule has 0 bridgehead atoms. The summed E-state index contributed by atoms with van der Waals surface area (Å²) in [5, 5.41) is 0. The lowest BCUT2D eigenvalue weighted by Crippen LogP contribution is -2.39. The Morgan fingerprint density at radius 3 is 2.00 bits per heavy atom. The van der Waals surface area contributed by atoms with Crippen molar-refractivity contribution in [2.45, 2.75) is 45.8 Å². The van der Waals surface area contributed by atoms with Gasteiger partial charge in [-0.3, -0.25) is 0 Å². The predicted octanol–water partition coefficient (Wildman–Crippen LogP) is 1.75. The van der Waals surface area contributed by atoms with Gasteiger partial charge in [-0.2, -0.15) is 0 Å². The van der Waals surface area contributed by atoms with E-state index < -0.39 is 14.8 Å². The first-order valence-electron chi connectivity index (χ1n) is 4.66. The van der Waals surface area contributed by atoms with E-state index in [1.165, 1.54) is 0 Å². The Morgan fingerprint density at radius 1 is 1.23 bits per heavy atom. The summed E-state index contributed by atoms with van der Waals surface area (Å²) in [5.41, 5.74) is 0. The van der Waals surface area contributed by atoms with Crippen LogP contribution in [0.3, 0.4) is 0 Å². The van der Waals surface area contributed by atoms with E-state index in [1.807, 2.05) is 0 Å². The highest BCUT2D eigenvalue weighted by molar-refractivity contribution is 7.90. The van der Waals surface area contributed by atoms with Gasteiger partial charge in [0, 0.05) is 6.54 Å². The summed E-state index contributed by atoms with van der Waals surface area (Å²) in [6, 6.07) is 0. The average Bonchev–Trinajstić information content (AvgIpc) is 1.82. The highest BCUT2D eigenvalue weighted by atomic mass is 32.2. The molecule has 0 aromatic carbocycles. The highest BCUT2D eigenvalue weighted by Crippen LogP contribution is 2.13. The number of nitrogens with one attached hydrogen (secondary N) is 1.